The summed E-state index contributed by atoms with van der Waals surface area (Å²) in [6.07, 6.45) is 0.838. The zero-order valence-electron chi connectivity index (χ0n) is 13.9. The average molecular weight is 354 g/mol. The minimum atomic E-state index is -0.657. The van der Waals surface area contributed by atoms with Gasteiger partial charge in [0.1, 0.15) is 6.04 Å². The molecule has 8 nitrogen and oxygen atoms in total. The van der Waals surface area contributed by atoms with Crippen LogP contribution in [0.5, 0.6) is 0 Å². The summed E-state index contributed by atoms with van der Waals surface area (Å²) in [4.78, 5) is 36.0. The van der Waals surface area contributed by atoms with Crippen LogP contribution in [0.2, 0.25) is 0 Å². The third kappa shape index (κ3) is 3.80. The molecule has 1 heterocycles. The zero-order chi connectivity index (χ0) is 18.7. The van der Waals surface area contributed by atoms with Crippen molar-refractivity contribution < 1.29 is 14.5 Å². The van der Waals surface area contributed by atoms with Crippen LogP contribution < -0.4 is 11.1 Å². The molecule has 3 N–H and O–H groups in total. The first-order chi connectivity index (χ1) is 12.4. The van der Waals surface area contributed by atoms with Crippen molar-refractivity contribution in [2.24, 2.45) is 0 Å². The molecular formula is C18H18N4O4. The standard InChI is InChI=1S/C18H18N4O4/c19-14-5-1-12(2-6-14)9-10-21-17(23)16(20-18(21)24)11-13-3-7-15(8-4-13)22(25)26/h1-8,16H,9-11,19H2,(H,20,24). The molecule has 26 heavy (non-hydrogen) atoms. The number of nitrogens with one attached hydrogen (secondary N) is 1. The van der Waals surface area contributed by atoms with Crippen LogP contribution in [0.3, 0.4) is 0 Å². The molecule has 3 amide bonds. The fraction of sp³-hybridized carbons (Fsp3) is 0.222. The van der Waals surface area contributed by atoms with Gasteiger partial charge in [0.2, 0.25) is 0 Å². The van der Waals surface area contributed by atoms with Crippen LogP contribution in [-0.4, -0.2) is 34.3 Å². The second-order valence-electron chi connectivity index (χ2n) is 6.11. The van der Waals surface area contributed by atoms with Crippen molar-refractivity contribution in [3.05, 3.63) is 69.8 Å². The van der Waals surface area contributed by atoms with E-state index in [1.807, 2.05) is 12.1 Å². The Morgan fingerprint density at radius 2 is 1.65 bits per heavy atom. The fourth-order valence-corrected chi connectivity index (χ4v) is 2.84. The minimum absolute atomic E-state index is 0.0133. The fourth-order valence-electron chi connectivity index (χ4n) is 2.84. The summed E-state index contributed by atoms with van der Waals surface area (Å²) >= 11 is 0. The van der Waals surface area contributed by atoms with Crippen molar-refractivity contribution in [1.82, 2.24) is 10.2 Å². The van der Waals surface area contributed by atoms with Gasteiger partial charge in [0, 0.05) is 30.8 Å². The number of imide groups is 1. The molecule has 0 aliphatic carbocycles. The Morgan fingerprint density at radius 3 is 2.27 bits per heavy atom. The Morgan fingerprint density at radius 1 is 1.04 bits per heavy atom. The van der Waals surface area contributed by atoms with Gasteiger partial charge in [0.15, 0.2) is 0 Å². The molecule has 8 heteroatoms. The molecule has 0 radical (unpaired) electrons. The molecule has 1 fully saturated rings. The van der Waals surface area contributed by atoms with Crippen molar-refractivity contribution in [3.63, 3.8) is 0 Å². The molecule has 1 saturated heterocycles. The average Bonchev–Trinajstić information content (AvgIpc) is 2.88. The van der Waals surface area contributed by atoms with Crippen molar-refractivity contribution in [2.75, 3.05) is 12.3 Å². The van der Waals surface area contributed by atoms with Gasteiger partial charge in [-0.3, -0.25) is 19.8 Å². The molecule has 0 bridgehead atoms. The first-order valence-electron chi connectivity index (χ1n) is 8.13. The molecule has 2 aromatic carbocycles. The number of nitrogen functional groups attached to an aromatic ring is 1. The van der Waals surface area contributed by atoms with Gasteiger partial charge >= 0.3 is 6.03 Å². The number of nitrogens with two attached hydrogens (primary N) is 1. The highest BCUT2D eigenvalue weighted by molar-refractivity contribution is 6.04. The van der Waals surface area contributed by atoms with E-state index in [0.717, 1.165) is 11.1 Å². The van der Waals surface area contributed by atoms with E-state index in [-0.39, 0.29) is 18.1 Å². The molecule has 0 aromatic heterocycles. The van der Waals surface area contributed by atoms with Crippen LogP contribution >= 0.6 is 0 Å². The summed E-state index contributed by atoms with van der Waals surface area (Å²) in [5.41, 5.74) is 8.02. The van der Waals surface area contributed by atoms with Crippen molar-refractivity contribution >= 4 is 23.3 Å². The van der Waals surface area contributed by atoms with Crippen molar-refractivity contribution in [1.29, 1.82) is 0 Å². The molecule has 0 saturated carbocycles. The van der Waals surface area contributed by atoms with Gasteiger partial charge in [0.25, 0.3) is 11.6 Å². The van der Waals surface area contributed by atoms with Gasteiger partial charge in [-0.2, -0.15) is 0 Å². The third-order valence-corrected chi connectivity index (χ3v) is 4.30. The normalized spacial score (nSPS) is 16.6. The lowest BCUT2D eigenvalue weighted by molar-refractivity contribution is -0.384. The topological polar surface area (TPSA) is 119 Å². The van der Waals surface area contributed by atoms with Crippen LogP contribution in [0.15, 0.2) is 48.5 Å². The van der Waals surface area contributed by atoms with E-state index in [1.165, 1.54) is 17.0 Å². The number of rotatable bonds is 6. The number of non-ortho nitro benzene ring substituents is 1. The summed E-state index contributed by atoms with van der Waals surface area (Å²) in [7, 11) is 0. The Balaban J connectivity index is 1.61. The lowest BCUT2D eigenvalue weighted by atomic mass is 10.1. The first kappa shape index (κ1) is 17.4. The molecule has 2 aromatic rings. The lowest BCUT2D eigenvalue weighted by Gasteiger charge is -2.13. The number of carbonyl (C=O) groups is 2. The molecule has 1 aliphatic heterocycles. The van der Waals surface area contributed by atoms with Gasteiger partial charge in [-0.25, -0.2) is 4.79 Å². The lowest BCUT2D eigenvalue weighted by Crippen LogP contribution is -2.33. The van der Waals surface area contributed by atoms with Crippen LogP contribution in [0, 0.1) is 10.1 Å². The number of amides is 3. The number of urea groups is 1. The molecule has 0 spiro atoms. The van der Waals surface area contributed by atoms with Crippen LogP contribution in [0.4, 0.5) is 16.2 Å². The zero-order valence-corrected chi connectivity index (χ0v) is 13.9. The summed E-state index contributed by atoms with van der Waals surface area (Å²) in [6.45, 7) is 0.283. The highest BCUT2D eigenvalue weighted by Gasteiger charge is 2.37. The highest BCUT2D eigenvalue weighted by atomic mass is 16.6. The summed E-state index contributed by atoms with van der Waals surface area (Å²) in [5, 5.41) is 13.4. The maximum absolute atomic E-state index is 12.5. The van der Waals surface area contributed by atoms with E-state index in [0.29, 0.717) is 18.5 Å². The summed E-state index contributed by atoms with van der Waals surface area (Å²) < 4.78 is 0. The van der Waals surface area contributed by atoms with E-state index < -0.39 is 17.0 Å². The summed E-state index contributed by atoms with van der Waals surface area (Å²) in [6, 6.07) is 12.2. The Bertz CT molecular complexity index is 833. The molecule has 134 valence electrons. The number of hydrogen-bond donors (Lipinski definition) is 2. The van der Waals surface area contributed by atoms with E-state index in [1.54, 1.807) is 24.3 Å². The van der Waals surface area contributed by atoms with Crippen LogP contribution in [0.25, 0.3) is 0 Å². The van der Waals surface area contributed by atoms with Gasteiger partial charge in [-0.1, -0.05) is 24.3 Å². The Kier molecular flexibility index (Phi) is 4.83. The van der Waals surface area contributed by atoms with Gasteiger partial charge in [-0.15, -0.1) is 0 Å². The van der Waals surface area contributed by atoms with Crippen LogP contribution in [-0.2, 0) is 17.6 Å². The number of nitrogens with zero attached hydrogens (tertiary/aromatic N) is 2. The molecular weight excluding hydrogens is 336 g/mol. The number of nitro benzene ring substituents is 1. The minimum Gasteiger partial charge on any atom is -0.399 e. The smallest absolute Gasteiger partial charge is 0.324 e. The number of hydrogen-bond acceptors (Lipinski definition) is 5. The molecule has 3 rings (SSSR count). The number of benzene rings is 2. The highest BCUT2D eigenvalue weighted by Crippen LogP contribution is 2.17. The molecule has 1 aliphatic rings. The summed E-state index contributed by atoms with van der Waals surface area (Å²) in [5.74, 6) is -0.288. The van der Waals surface area contributed by atoms with E-state index in [9.17, 15) is 19.7 Å². The number of nitro groups is 1. The van der Waals surface area contributed by atoms with E-state index >= 15 is 0 Å². The first-order valence-corrected chi connectivity index (χ1v) is 8.13. The second-order valence-corrected chi connectivity index (χ2v) is 6.11. The predicted molar refractivity (Wildman–Crippen MR) is 95.4 cm³/mol. The van der Waals surface area contributed by atoms with Gasteiger partial charge in [0.05, 0.1) is 4.92 Å². The quantitative estimate of drug-likeness (QED) is 0.355. The molecule has 1 unspecified atom stereocenters. The Labute approximate surface area is 149 Å². The predicted octanol–water partition coefficient (Wildman–Crippen LogP) is 1.88. The number of carbonyl (C=O) groups excluding carboxylic acids is 2. The Hall–Kier alpha value is -3.42. The monoisotopic (exact) mass is 354 g/mol. The van der Waals surface area contributed by atoms with Gasteiger partial charge < -0.3 is 11.1 Å². The maximum atomic E-state index is 12.5. The largest absolute Gasteiger partial charge is 0.399 e. The second kappa shape index (κ2) is 7.22. The van der Waals surface area contributed by atoms with E-state index in [4.69, 9.17) is 5.73 Å². The van der Waals surface area contributed by atoms with Crippen molar-refractivity contribution in [2.45, 2.75) is 18.9 Å². The maximum Gasteiger partial charge on any atom is 0.324 e. The van der Waals surface area contributed by atoms with Gasteiger partial charge in [-0.05, 0) is 29.7 Å². The SMILES string of the molecule is Nc1ccc(CCN2C(=O)NC(Cc3ccc([N+](=O)[O-])cc3)C2=O)cc1. The van der Waals surface area contributed by atoms with Crippen molar-refractivity contribution in [3.8, 4) is 0 Å². The van der Waals surface area contributed by atoms with Crippen LogP contribution in [0.1, 0.15) is 11.1 Å². The third-order valence-electron chi connectivity index (χ3n) is 4.30. The van der Waals surface area contributed by atoms with E-state index in [2.05, 4.69) is 5.32 Å². The molecule has 1 atom stereocenters. The number of anilines is 1.